The average Bonchev–Trinajstić information content (AvgIpc) is 2.84. The van der Waals surface area contributed by atoms with Crippen molar-refractivity contribution in [2.24, 2.45) is 5.92 Å². The van der Waals surface area contributed by atoms with Gasteiger partial charge in [-0.3, -0.25) is 0 Å². The normalized spacial score (nSPS) is 21.7. The Morgan fingerprint density at radius 2 is 2.24 bits per heavy atom. The molecule has 0 saturated carbocycles. The maximum atomic E-state index is 6.02. The molecule has 17 heavy (non-hydrogen) atoms. The van der Waals surface area contributed by atoms with Crippen LogP contribution in [0.4, 0.5) is 0 Å². The summed E-state index contributed by atoms with van der Waals surface area (Å²) in [5, 5.41) is 4.61. The van der Waals surface area contributed by atoms with E-state index in [0.29, 0.717) is 22.0 Å². The molecule has 0 radical (unpaired) electrons. The first-order chi connectivity index (χ1) is 8.20. The molecule has 0 aromatic heterocycles. The van der Waals surface area contributed by atoms with Crippen molar-refractivity contribution in [3.05, 3.63) is 33.8 Å². The van der Waals surface area contributed by atoms with Gasteiger partial charge in [0.2, 0.25) is 0 Å². The molecule has 2 rings (SSSR count). The second-order valence-corrected chi connectivity index (χ2v) is 5.29. The van der Waals surface area contributed by atoms with Crippen LogP contribution in [0.2, 0.25) is 10.0 Å². The third-order valence-corrected chi connectivity index (χ3v) is 4.08. The Bertz CT molecular complexity index is 378. The van der Waals surface area contributed by atoms with Crippen LogP contribution in [-0.4, -0.2) is 26.3 Å². The van der Waals surface area contributed by atoms with Crippen LogP contribution in [0.25, 0.3) is 0 Å². The van der Waals surface area contributed by atoms with Crippen molar-refractivity contribution in [2.45, 2.75) is 18.9 Å². The molecule has 0 bridgehead atoms. The maximum absolute atomic E-state index is 6.02. The Hall–Kier alpha value is -0.280. The van der Waals surface area contributed by atoms with Crippen molar-refractivity contribution >= 4 is 23.2 Å². The summed E-state index contributed by atoms with van der Waals surface area (Å²) in [5.41, 5.74) is 1.21. The van der Waals surface area contributed by atoms with Crippen molar-refractivity contribution < 1.29 is 4.74 Å². The molecule has 2 nitrogen and oxygen atoms in total. The van der Waals surface area contributed by atoms with Crippen molar-refractivity contribution in [1.29, 1.82) is 0 Å². The molecule has 1 aromatic rings. The van der Waals surface area contributed by atoms with E-state index in [1.54, 1.807) is 0 Å². The fraction of sp³-hybridized carbons (Fsp3) is 0.538. The Morgan fingerprint density at radius 1 is 1.41 bits per heavy atom. The molecule has 4 heteroatoms. The summed E-state index contributed by atoms with van der Waals surface area (Å²) < 4.78 is 5.43. The van der Waals surface area contributed by atoms with Crippen LogP contribution >= 0.6 is 23.2 Å². The molecular formula is C13H17Cl2NO. The molecule has 2 atom stereocenters. The highest BCUT2D eigenvalue weighted by atomic mass is 35.5. The number of likely N-dealkylation sites (N-methyl/N-ethyl adjacent to an activating group) is 1. The van der Waals surface area contributed by atoms with Crippen LogP contribution in [0.3, 0.4) is 0 Å². The molecule has 2 unspecified atom stereocenters. The van der Waals surface area contributed by atoms with E-state index in [0.717, 1.165) is 26.1 Å². The van der Waals surface area contributed by atoms with E-state index in [4.69, 9.17) is 27.9 Å². The third kappa shape index (κ3) is 3.35. The minimum absolute atomic E-state index is 0.440. The summed E-state index contributed by atoms with van der Waals surface area (Å²) in [7, 11) is 2.00. The van der Waals surface area contributed by atoms with E-state index in [1.165, 1.54) is 5.56 Å². The molecule has 1 N–H and O–H groups in total. The SMILES string of the molecule is CNC(Cc1ccc(Cl)c(Cl)c1)C1CCOC1. The summed E-state index contributed by atoms with van der Waals surface area (Å²) in [6.07, 6.45) is 2.09. The Kier molecular flexibility index (Phi) is 4.69. The first-order valence-electron chi connectivity index (χ1n) is 5.89. The molecule has 1 saturated heterocycles. The number of ether oxygens (including phenoxy) is 1. The van der Waals surface area contributed by atoms with Gasteiger partial charge >= 0.3 is 0 Å². The van der Waals surface area contributed by atoms with Crippen molar-refractivity contribution in [2.75, 3.05) is 20.3 Å². The number of benzene rings is 1. The summed E-state index contributed by atoms with van der Waals surface area (Å²) in [4.78, 5) is 0. The highest BCUT2D eigenvalue weighted by Crippen LogP contribution is 2.25. The lowest BCUT2D eigenvalue weighted by molar-refractivity contribution is 0.177. The summed E-state index contributed by atoms with van der Waals surface area (Å²) >= 11 is 11.9. The van der Waals surface area contributed by atoms with Crippen molar-refractivity contribution in [3.8, 4) is 0 Å². The van der Waals surface area contributed by atoms with E-state index in [9.17, 15) is 0 Å². The van der Waals surface area contributed by atoms with Gasteiger partial charge in [0.25, 0.3) is 0 Å². The molecule has 1 aliphatic heterocycles. The van der Waals surface area contributed by atoms with Crippen LogP contribution in [0.5, 0.6) is 0 Å². The molecule has 94 valence electrons. The van der Waals surface area contributed by atoms with Gasteiger partial charge in [0.15, 0.2) is 0 Å². The van der Waals surface area contributed by atoms with Crippen LogP contribution in [0, 0.1) is 5.92 Å². The second kappa shape index (κ2) is 6.05. The highest BCUT2D eigenvalue weighted by molar-refractivity contribution is 6.42. The first kappa shape index (κ1) is 13.2. The number of halogens is 2. The van der Waals surface area contributed by atoms with Crippen LogP contribution < -0.4 is 5.32 Å². The summed E-state index contributed by atoms with van der Waals surface area (Å²) in [5.74, 6) is 0.592. The lowest BCUT2D eigenvalue weighted by Crippen LogP contribution is -2.35. The standard InChI is InChI=1S/C13H17Cl2NO/c1-16-13(10-4-5-17-8-10)7-9-2-3-11(14)12(15)6-9/h2-3,6,10,13,16H,4-5,7-8H2,1H3. The molecular weight excluding hydrogens is 257 g/mol. The monoisotopic (exact) mass is 273 g/mol. The zero-order chi connectivity index (χ0) is 12.3. The van der Waals surface area contributed by atoms with Gasteiger partial charge in [-0.1, -0.05) is 29.3 Å². The molecule has 0 amide bonds. The van der Waals surface area contributed by atoms with Crippen molar-refractivity contribution in [1.82, 2.24) is 5.32 Å². The minimum atomic E-state index is 0.440. The largest absolute Gasteiger partial charge is 0.381 e. The Labute approximate surface area is 112 Å². The fourth-order valence-electron chi connectivity index (χ4n) is 2.30. The van der Waals surface area contributed by atoms with E-state index >= 15 is 0 Å². The van der Waals surface area contributed by atoms with Gasteiger partial charge in [-0.05, 0) is 37.6 Å². The number of hydrogen-bond acceptors (Lipinski definition) is 2. The van der Waals surface area contributed by atoms with E-state index in [1.807, 2.05) is 25.2 Å². The van der Waals surface area contributed by atoms with Gasteiger partial charge in [0, 0.05) is 18.6 Å². The van der Waals surface area contributed by atoms with E-state index in [2.05, 4.69) is 5.32 Å². The van der Waals surface area contributed by atoms with Crippen LogP contribution in [0.1, 0.15) is 12.0 Å². The summed E-state index contributed by atoms with van der Waals surface area (Å²) in [6, 6.07) is 6.28. The number of hydrogen-bond donors (Lipinski definition) is 1. The molecule has 1 aromatic carbocycles. The molecule has 0 aliphatic carbocycles. The Morgan fingerprint density at radius 3 is 2.82 bits per heavy atom. The summed E-state index contributed by atoms with van der Waals surface area (Å²) in [6.45, 7) is 1.73. The topological polar surface area (TPSA) is 21.3 Å². The molecule has 1 aliphatic rings. The lowest BCUT2D eigenvalue weighted by atomic mass is 9.93. The highest BCUT2D eigenvalue weighted by Gasteiger charge is 2.24. The third-order valence-electron chi connectivity index (χ3n) is 3.34. The Balaban J connectivity index is 2.04. The lowest BCUT2D eigenvalue weighted by Gasteiger charge is -2.22. The molecule has 1 fully saturated rings. The zero-order valence-corrected chi connectivity index (χ0v) is 11.4. The fourth-order valence-corrected chi connectivity index (χ4v) is 2.62. The van der Waals surface area contributed by atoms with Gasteiger partial charge in [-0.2, -0.15) is 0 Å². The van der Waals surface area contributed by atoms with Crippen LogP contribution in [-0.2, 0) is 11.2 Å². The van der Waals surface area contributed by atoms with Gasteiger partial charge in [0.05, 0.1) is 16.7 Å². The van der Waals surface area contributed by atoms with E-state index in [-0.39, 0.29) is 0 Å². The van der Waals surface area contributed by atoms with Crippen LogP contribution in [0.15, 0.2) is 18.2 Å². The predicted molar refractivity (Wildman–Crippen MR) is 71.9 cm³/mol. The first-order valence-corrected chi connectivity index (χ1v) is 6.65. The smallest absolute Gasteiger partial charge is 0.0595 e. The maximum Gasteiger partial charge on any atom is 0.0595 e. The van der Waals surface area contributed by atoms with Gasteiger partial charge in [0.1, 0.15) is 0 Å². The average molecular weight is 274 g/mol. The van der Waals surface area contributed by atoms with Crippen molar-refractivity contribution in [3.63, 3.8) is 0 Å². The van der Waals surface area contributed by atoms with Gasteiger partial charge in [-0.25, -0.2) is 0 Å². The van der Waals surface area contributed by atoms with Gasteiger partial charge in [-0.15, -0.1) is 0 Å². The number of nitrogens with one attached hydrogen (secondary N) is 1. The second-order valence-electron chi connectivity index (χ2n) is 4.47. The predicted octanol–water partition coefficient (Wildman–Crippen LogP) is 3.16. The number of rotatable bonds is 4. The van der Waals surface area contributed by atoms with Gasteiger partial charge < -0.3 is 10.1 Å². The molecule has 1 heterocycles. The zero-order valence-electron chi connectivity index (χ0n) is 9.88. The van der Waals surface area contributed by atoms with E-state index < -0.39 is 0 Å². The minimum Gasteiger partial charge on any atom is -0.381 e. The quantitative estimate of drug-likeness (QED) is 0.910. The molecule has 0 spiro atoms.